The topological polar surface area (TPSA) is 126 Å². The third-order valence-electron chi connectivity index (χ3n) is 5.26. The van der Waals surface area contributed by atoms with Gasteiger partial charge < -0.3 is 19.2 Å². The molecule has 2 N–H and O–H groups in total. The van der Waals surface area contributed by atoms with Crippen molar-refractivity contribution in [2.24, 2.45) is 0 Å². The molecular formula is C26H22N4O5S. The third-order valence-corrected chi connectivity index (χ3v) is 5.95. The Hall–Kier alpha value is -4.62. The summed E-state index contributed by atoms with van der Waals surface area (Å²) in [6.45, 7) is 0. The van der Waals surface area contributed by atoms with Crippen LogP contribution in [0.1, 0.15) is 18.4 Å². The van der Waals surface area contributed by atoms with Gasteiger partial charge in [-0.2, -0.15) is 5.26 Å². The number of amides is 2. The number of nitrogens with zero attached hydrogens (tertiary/aromatic N) is 2. The number of nitriles is 1. The Morgan fingerprint density at radius 1 is 0.944 bits per heavy atom. The molecule has 0 unspecified atom stereocenters. The first-order valence-corrected chi connectivity index (χ1v) is 11.7. The number of furan rings is 1. The second-order valence-corrected chi connectivity index (χ2v) is 8.41. The number of anilines is 2. The van der Waals surface area contributed by atoms with Gasteiger partial charge in [0.05, 0.1) is 14.2 Å². The van der Waals surface area contributed by atoms with Crippen LogP contribution in [-0.4, -0.2) is 31.0 Å². The van der Waals surface area contributed by atoms with Crippen LogP contribution in [0.15, 0.2) is 64.5 Å². The van der Waals surface area contributed by atoms with Gasteiger partial charge in [-0.15, -0.1) is 11.3 Å². The lowest BCUT2D eigenvalue weighted by Gasteiger charge is -2.06. The van der Waals surface area contributed by atoms with Gasteiger partial charge in [-0.25, -0.2) is 4.98 Å². The van der Waals surface area contributed by atoms with Crippen LogP contribution in [0.5, 0.6) is 11.5 Å². The molecule has 0 aliphatic rings. The van der Waals surface area contributed by atoms with Crippen LogP contribution in [-0.2, 0) is 9.59 Å². The highest BCUT2D eigenvalue weighted by Gasteiger charge is 2.24. The summed E-state index contributed by atoms with van der Waals surface area (Å²) in [6, 6.07) is 16.5. The highest BCUT2D eigenvalue weighted by molar-refractivity contribution is 7.13. The van der Waals surface area contributed by atoms with Crippen LogP contribution in [0, 0.1) is 11.3 Å². The Labute approximate surface area is 211 Å². The summed E-state index contributed by atoms with van der Waals surface area (Å²) >= 11 is 1.29. The van der Waals surface area contributed by atoms with E-state index < -0.39 is 5.91 Å². The van der Waals surface area contributed by atoms with Crippen LogP contribution >= 0.6 is 11.3 Å². The van der Waals surface area contributed by atoms with Gasteiger partial charge in [0.15, 0.2) is 5.13 Å². The monoisotopic (exact) mass is 502 g/mol. The predicted octanol–water partition coefficient (Wildman–Crippen LogP) is 5.32. The van der Waals surface area contributed by atoms with E-state index in [9.17, 15) is 14.9 Å². The zero-order chi connectivity index (χ0) is 25.5. The van der Waals surface area contributed by atoms with Crippen molar-refractivity contribution in [3.8, 4) is 40.0 Å². The Bertz CT molecular complexity index is 1390. The van der Waals surface area contributed by atoms with Crippen molar-refractivity contribution < 1.29 is 23.5 Å². The number of ether oxygens (including phenoxy) is 2. The van der Waals surface area contributed by atoms with E-state index in [1.54, 1.807) is 62.2 Å². The molecule has 0 saturated heterocycles. The standard InChI is InChI=1S/C26H22N4O5S/c1-33-18-7-3-16(4-8-18)23-20(15-27)25(35-24(23)17-5-9-19(34-2)10-6-17)29-21(31)11-12-22(32)30-26-28-13-14-36-26/h3-10,13-14H,11-12H2,1-2H3,(H,29,31)(H,28,30,32). The molecule has 2 amide bonds. The minimum absolute atomic E-state index is 0.0134. The number of carbonyl (C=O) groups is 2. The fraction of sp³-hybridized carbons (Fsp3) is 0.154. The molecule has 9 nitrogen and oxygen atoms in total. The number of methoxy groups -OCH3 is 2. The largest absolute Gasteiger partial charge is 0.497 e. The van der Waals surface area contributed by atoms with E-state index in [2.05, 4.69) is 21.7 Å². The summed E-state index contributed by atoms with van der Waals surface area (Å²) in [5.74, 6) is 0.961. The Kier molecular flexibility index (Phi) is 7.63. The molecule has 0 aliphatic heterocycles. The molecule has 10 heteroatoms. The molecule has 0 fully saturated rings. The van der Waals surface area contributed by atoms with E-state index in [1.807, 2.05) is 12.1 Å². The molecule has 182 valence electrons. The van der Waals surface area contributed by atoms with Crippen molar-refractivity contribution >= 4 is 34.2 Å². The number of hydrogen-bond donors (Lipinski definition) is 2. The molecule has 0 saturated carbocycles. The lowest BCUT2D eigenvalue weighted by atomic mass is 9.98. The zero-order valence-electron chi connectivity index (χ0n) is 19.5. The van der Waals surface area contributed by atoms with E-state index in [4.69, 9.17) is 13.9 Å². The summed E-state index contributed by atoms with van der Waals surface area (Å²) in [6.07, 6.45) is 1.43. The van der Waals surface area contributed by atoms with Crippen molar-refractivity contribution in [1.82, 2.24) is 4.98 Å². The minimum Gasteiger partial charge on any atom is -0.497 e. The summed E-state index contributed by atoms with van der Waals surface area (Å²) in [4.78, 5) is 28.7. The lowest BCUT2D eigenvalue weighted by molar-refractivity contribution is -0.121. The number of thiazole rings is 1. The van der Waals surface area contributed by atoms with Crippen molar-refractivity contribution in [3.63, 3.8) is 0 Å². The molecule has 0 aliphatic carbocycles. The molecule has 0 radical (unpaired) electrons. The second-order valence-electron chi connectivity index (χ2n) is 7.51. The first-order valence-electron chi connectivity index (χ1n) is 10.9. The molecular weight excluding hydrogens is 480 g/mol. The predicted molar refractivity (Wildman–Crippen MR) is 136 cm³/mol. The average molecular weight is 503 g/mol. The molecule has 2 aromatic carbocycles. The Morgan fingerprint density at radius 3 is 2.06 bits per heavy atom. The smallest absolute Gasteiger partial charge is 0.227 e. The fourth-order valence-electron chi connectivity index (χ4n) is 3.49. The highest BCUT2D eigenvalue weighted by Crippen LogP contribution is 2.42. The third kappa shape index (κ3) is 5.54. The van der Waals surface area contributed by atoms with E-state index >= 15 is 0 Å². The van der Waals surface area contributed by atoms with Gasteiger partial charge in [0.2, 0.25) is 17.7 Å². The maximum Gasteiger partial charge on any atom is 0.227 e. The Morgan fingerprint density at radius 2 is 1.53 bits per heavy atom. The van der Waals surface area contributed by atoms with Crippen LogP contribution in [0.2, 0.25) is 0 Å². The summed E-state index contributed by atoms with van der Waals surface area (Å²) in [5.41, 5.74) is 2.11. The molecule has 4 aromatic rings. The molecule has 0 bridgehead atoms. The molecule has 36 heavy (non-hydrogen) atoms. The van der Waals surface area contributed by atoms with Crippen LogP contribution in [0.25, 0.3) is 22.5 Å². The molecule has 0 atom stereocenters. The SMILES string of the molecule is COc1ccc(-c2oc(NC(=O)CCC(=O)Nc3nccs3)c(C#N)c2-c2ccc(OC)cc2)cc1. The number of hydrogen-bond acceptors (Lipinski definition) is 8. The number of nitrogens with one attached hydrogen (secondary N) is 2. The van der Waals surface area contributed by atoms with Gasteiger partial charge in [-0.3, -0.25) is 14.9 Å². The highest BCUT2D eigenvalue weighted by atomic mass is 32.1. The second kappa shape index (κ2) is 11.2. The summed E-state index contributed by atoms with van der Waals surface area (Å²) in [5, 5.41) is 17.5. The molecule has 4 rings (SSSR count). The van der Waals surface area contributed by atoms with Crippen LogP contribution < -0.4 is 20.1 Å². The first kappa shape index (κ1) is 24.5. The van der Waals surface area contributed by atoms with Crippen LogP contribution in [0.4, 0.5) is 11.0 Å². The van der Waals surface area contributed by atoms with Gasteiger partial charge in [-0.1, -0.05) is 12.1 Å². The van der Waals surface area contributed by atoms with Crippen LogP contribution in [0.3, 0.4) is 0 Å². The zero-order valence-corrected chi connectivity index (χ0v) is 20.3. The quantitative estimate of drug-likeness (QED) is 0.317. The van der Waals surface area contributed by atoms with Gasteiger partial charge in [0.1, 0.15) is 28.9 Å². The molecule has 2 heterocycles. The summed E-state index contributed by atoms with van der Waals surface area (Å²) < 4.78 is 16.5. The molecule has 0 spiro atoms. The van der Waals surface area contributed by atoms with E-state index in [0.29, 0.717) is 39.1 Å². The maximum absolute atomic E-state index is 12.6. The minimum atomic E-state index is -0.461. The summed E-state index contributed by atoms with van der Waals surface area (Å²) in [7, 11) is 3.14. The fourth-order valence-corrected chi connectivity index (χ4v) is 4.03. The van der Waals surface area contributed by atoms with Gasteiger partial charge >= 0.3 is 0 Å². The van der Waals surface area contributed by atoms with E-state index in [-0.39, 0.29) is 30.2 Å². The lowest BCUT2D eigenvalue weighted by Crippen LogP contribution is -2.17. The van der Waals surface area contributed by atoms with Crippen molar-refractivity contribution in [1.29, 1.82) is 5.26 Å². The number of carbonyl (C=O) groups excluding carboxylic acids is 2. The van der Waals surface area contributed by atoms with Crippen molar-refractivity contribution in [2.45, 2.75) is 12.8 Å². The average Bonchev–Trinajstić information content (AvgIpc) is 3.55. The van der Waals surface area contributed by atoms with Gasteiger partial charge in [0.25, 0.3) is 0 Å². The van der Waals surface area contributed by atoms with Gasteiger partial charge in [0, 0.05) is 35.5 Å². The Balaban J connectivity index is 1.62. The van der Waals surface area contributed by atoms with Crippen molar-refractivity contribution in [3.05, 3.63) is 65.7 Å². The van der Waals surface area contributed by atoms with Gasteiger partial charge in [-0.05, 0) is 42.0 Å². The van der Waals surface area contributed by atoms with E-state index in [1.165, 1.54) is 11.3 Å². The maximum atomic E-state index is 12.6. The number of aromatic nitrogens is 1. The normalized spacial score (nSPS) is 10.4. The van der Waals surface area contributed by atoms with Crippen molar-refractivity contribution in [2.75, 3.05) is 24.9 Å². The molecule has 2 aromatic heterocycles. The first-order chi connectivity index (χ1) is 17.5. The number of benzene rings is 2. The number of rotatable bonds is 9. The van der Waals surface area contributed by atoms with E-state index in [0.717, 1.165) is 0 Å².